The zero-order valence-electron chi connectivity index (χ0n) is 30.4. The van der Waals surface area contributed by atoms with Crippen LogP contribution in [0.2, 0.25) is 0 Å². The number of halogens is 2. The minimum Gasteiger partial charge on any atom is -0.497 e. The maximum Gasteiger partial charge on any atom is 0.459 e. The Kier molecular flexibility index (Phi) is 12.8. The molecule has 1 aliphatic heterocycles. The van der Waals surface area contributed by atoms with Crippen molar-refractivity contribution in [2.45, 2.75) is 63.6 Å². The molecule has 4 heterocycles. The van der Waals surface area contributed by atoms with Crippen molar-refractivity contribution in [3.63, 3.8) is 0 Å². The fraction of sp³-hybridized carbons (Fsp3) is 0.324. The van der Waals surface area contributed by atoms with Crippen molar-refractivity contribution in [3.05, 3.63) is 118 Å². The molecular weight excluding hydrogens is 777 g/mol. The van der Waals surface area contributed by atoms with Gasteiger partial charge in [0, 0.05) is 23.3 Å². The number of esters is 2. The van der Waals surface area contributed by atoms with Crippen molar-refractivity contribution in [1.29, 1.82) is 0 Å². The van der Waals surface area contributed by atoms with E-state index < -0.39 is 68.8 Å². The van der Waals surface area contributed by atoms with Crippen molar-refractivity contribution in [1.82, 2.24) is 19.6 Å². The van der Waals surface area contributed by atoms with Gasteiger partial charge in [0.25, 0.3) is 0 Å². The van der Waals surface area contributed by atoms with Crippen molar-refractivity contribution < 1.29 is 65.6 Å². The fourth-order valence-electron chi connectivity index (χ4n) is 5.68. The Bertz CT molecular complexity index is 2290. The van der Waals surface area contributed by atoms with E-state index in [0.29, 0.717) is 32.4 Å². The fourth-order valence-corrected chi connectivity index (χ4v) is 7.17. The maximum atomic E-state index is 15.5. The first-order valence-corrected chi connectivity index (χ1v) is 18.8. The highest BCUT2D eigenvalue weighted by Crippen LogP contribution is 2.48. The summed E-state index contributed by atoms with van der Waals surface area (Å²) in [6.45, 7) is -0.356. The number of ether oxygens (including phenoxy) is 4. The largest absolute Gasteiger partial charge is 0.497 e. The van der Waals surface area contributed by atoms with Gasteiger partial charge in [0.1, 0.15) is 48.2 Å². The van der Waals surface area contributed by atoms with Crippen LogP contribution in [0.15, 0.2) is 94.5 Å². The topological polar surface area (TPSA) is 220 Å². The van der Waals surface area contributed by atoms with E-state index in [2.05, 4.69) is 15.1 Å². The van der Waals surface area contributed by atoms with Crippen LogP contribution in [0.4, 0.5) is 8.78 Å². The summed E-state index contributed by atoms with van der Waals surface area (Å²) in [5, 5.41) is 23.3. The lowest BCUT2D eigenvalue weighted by atomic mass is 10.1. The summed E-state index contributed by atoms with van der Waals surface area (Å²) in [6.07, 6.45) is -3.83. The molecule has 6 rings (SSSR count). The highest BCUT2D eigenvalue weighted by atomic mass is 31.2. The van der Waals surface area contributed by atoms with Gasteiger partial charge in [-0.1, -0.05) is 30.3 Å². The van der Waals surface area contributed by atoms with Gasteiger partial charge < -0.3 is 38.1 Å². The summed E-state index contributed by atoms with van der Waals surface area (Å²) in [5.41, 5.74) is 0.182. The molecule has 2 unspecified atom stereocenters. The number of rotatable bonds is 17. The molecule has 20 heteroatoms. The van der Waals surface area contributed by atoms with Gasteiger partial charge in [-0.25, -0.2) is 9.36 Å². The molecule has 1 aliphatic rings. The molecule has 0 bridgehead atoms. The molecule has 3 aromatic heterocycles. The van der Waals surface area contributed by atoms with Gasteiger partial charge in [-0.05, 0) is 48.9 Å². The molecule has 0 saturated carbocycles. The molecule has 5 atom stereocenters. The number of nitrogens with zero attached hydrogens (tertiary/aromatic N) is 3. The predicted molar refractivity (Wildman–Crippen MR) is 193 cm³/mol. The maximum absolute atomic E-state index is 15.5. The average Bonchev–Trinajstić information content (AvgIpc) is 3.72. The first-order chi connectivity index (χ1) is 27.3. The van der Waals surface area contributed by atoms with E-state index >= 15 is 8.78 Å². The molecule has 302 valence electrons. The summed E-state index contributed by atoms with van der Waals surface area (Å²) >= 11 is 0. The van der Waals surface area contributed by atoms with E-state index in [0.717, 1.165) is 12.3 Å². The van der Waals surface area contributed by atoms with Crippen LogP contribution in [0, 0.1) is 0 Å². The van der Waals surface area contributed by atoms with Gasteiger partial charge in [-0.3, -0.25) is 23.7 Å². The van der Waals surface area contributed by atoms with Gasteiger partial charge in [-0.15, -0.1) is 0 Å². The van der Waals surface area contributed by atoms with Crippen molar-refractivity contribution in [3.8, 4) is 11.5 Å². The molecule has 17 nitrogen and oxygen atoms in total. The van der Waals surface area contributed by atoms with E-state index in [1.807, 2.05) is 0 Å². The third-order valence-corrected chi connectivity index (χ3v) is 10.2. The second-order valence-corrected chi connectivity index (χ2v) is 14.4. The number of pyridine rings is 1. The Morgan fingerprint density at radius 2 is 1.86 bits per heavy atom. The summed E-state index contributed by atoms with van der Waals surface area (Å²) in [7, 11) is -3.13. The molecule has 3 N–H and O–H groups in total. The quantitative estimate of drug-likeness (QED) is 0.0893. The van der Waals surface area contributed by atoms with Gasteiger partial charge >= 0.3 is 31.3 Å². The van der Waals surface area contributed by atoms with Crippen molar-refractivity contribution in [2.24, 2.45) is 0 Å². The molecule has 0 radical (unpaired) electrons. The number of aliphatic hydroxyl groups excluding tert-OH is 2. The Labute approximate surface area is 322 Å². The van der Waals surface area contributed by atoms with Crippen LogP contribution in [0.25, 0.3) is 11.0 Å². The monoisotopic (exact) mass is 814 g/mol. The van der Waals surface area contributed by atoms with E-state index in [4.69, 9.17) is 32.4 Å². The molecule has 0 amide bonds. The third-order valence-electron chi connectivity index (χ3n) is 8.54. The second-order valence-electron chi connectivity index (χ2n) is 12.7. The van der Waals surface area contributed by atoms with Gasteiger partial charge in [-0.2, -0.15) is 18.9 Å². The SMILES string of the molecule is COc1cc(CO)c2oc(COC(=O)Cc3ccn(C4O[C@H](COP(=O)(N[C@@H](C)C(=O)OCc5ccccc5)Oc5cccnc5)[C@@H](O)C4(F)F)c(=O)n3)cc2c1. The van der Waals surface area contributed by atoms with Gasteiger partial charge in [0.2, 0.25) is 6.23 Å². The number of nitrogens with one attached hydrogen (secondary N) is 1. The molecule has 57 heavy (non-hydrogen) atoms. The van der Waals surface area contributed by atoms with Crippen LogP contribution in [-0.4, -0.2) is 74.6 Å². The molecule has 0 spiro atoms. The number of aliphatic hydroxyl groups is 2. The molecule has 2 aromatic carbocycles. The number of alkyl halides is 2. The summed E-state index contributed by atoms with van der Waals surface area (Å²) < 4.78 is 83.0. The van der Waals surface area contributed by atoms with Gasteiger partial charge in [0.15, 0.2) is 6.10 Å². The number of carbonyl (C=O) groups excluding carboxylic acids is 2. The zero-order chi connectivity index (χ0) is 40.7. The van der Waals surface area contributed by atoms with Crippen LogP contribution >= 0.6 is 7.75 Å². The number of furan rings is 1. The number of hydrogen-bond donors (Lipinski definition) is 3. The number of hydrogen-bond acceptors (Lipinski definition) is 15. The van der Waals surface area contributed by atoms with Crippen LogP contribution in [-0.2, 0) is 59.1 Å². The first kappa shape index (κ1) is 41.1. The first-order valence-electron chi connectivity index (χ1n) is 17.3. The Morgan fingerprint density at radius 1 is 1.07 bits per heavy atom. The van der Waals surface area contributed by atoms with Gasteiger partial charge in [0.05, 0.1) is 38.6 Å². The number of aromatic nitrogens is 3. The Morgan fingerprint density at radius 3 is 2.56 bits per heavy atom. The highest BCUT2D eigenvalue weighted by Gasteiger charge is 2.60. The third kappa shape index (κ3) is 9.88. The normalized spacial score (nSPS) is 19.1. The van der Waals surface area contributed by atoms with Crippen LogP contribution in [0.3, 0.4) is 0 Å². The number of fused-ring (bicyclic) bond motifs is 1. The Balaban J connectivity index is 1.08. The van der Waals surface area contributed by atoms with E-state index in [-0.39, 0.29) is 37.0 Å². The van der Waals surface area contributed by atoms with Crippen LogP contribution in [0.5, 0.6) is 11.5 Å². The highest BCUT2D eigenvalue weighted by molar-refractivity contribution is 7.52. The lowest BCUT2D eigenvalue weighted by Crippen LogP contribution is -2.42. The number of carbonyl (C=O) groups is 2. The van der Waals surface area contributed by atoms with E-state index in [9.17, 15) is 29.2 Å². The summed E-state index contributed by atoms with van der Waals surface area (Å²) in [4.78, 5) is 45.9. The summed E-state index contributed by atoms with van der Waals surface area (Å²) in [5.74, 6) is -5.07. The van der Waals surface area contributed by atoms with Crippen molar-refractivity contribution >= 4 is 30.7 Å². The van der Waals surface area contributed by atoms with E-state index in [1.54, 1.807) is 48.5 Å². The second kappa shape index (κ2) is 17.7. The molecule has 0 aliphatic carbocycles. The smallest absolute Gasteiger partial charge is 0.459 e. The van der Waals surface area contributed by atoms with E-state index in [1.165, 1.54) is 38.6 Å². The van der Waals surface area contributed by atoms with Crippen LogP contribution in [0.1, 0.15) is 35.7 Å². The molecular formula is C37H37F2N4O13P. The number of benzene rings is 2. The predicted octanol–water partition coefficient (Wildman–Crippen LogP) is 3.99. The molecule has 5 aromatic rings. The summed E-state index contributed by atoms with van der Waals surface area (Å²) in [6, 6.07) is 16.3. The Hall–Kier alpha value is -5.56. The zero-order valence-corrected chi connectivity index (χ0v) is 31.3. The lowest BCUT2D eigenvalue weighted by molar-refractivity contribution is -0.147. The average molecular weight is 815 g/mol. The molecule has 1 saturated heterocycles. The van der Waals surface area contributed by atoms with Crippen LogP contribution < -0.4 is 20.0 Å². The standard InChI is InChI=1S/C37H37F2N4O13P/c1-22(34(47)52-19-23-7-4-3-5-8-23)42-57(49,56-27-9-6-11-40-17-27)53-21-30-33(46)37(38,39)35(55-30)43-12-10-26(41-36(43)48)16-31(45)51-20-29-14-24-13-28(50-2)15-25(18-44)32(24)54-29/h3-15,17,22,30,33,35,44,46H,16,18-21H2,1-2H3,(H,42,49)/t22-,30+,33+,35?,57?/m0/s1. The lowest BCUT2D eigenvalue weighted by Gasteiger charge is -2.24. The molecule has 1 fully saturated rings. The minimum atomic E-state index is -4.60. The minimum absolute atomic E-state index is 0.0666. The van der Waals surface area contributed by atoms with Crippen molar-refractivity contribution in [2.75, 3.05) is 13.7 Å². The number of methoxy groups -OCH3 is 1.